The van der Waals surface area contributed by atoms with Crippen molar-refractivity contribution in [3.8, 4) is 5.75 Å². The fourth-order valence-electron chi connectivity index (χ4n) is 1.60. The third-order valence-electron chi connectivity index (χ3n) is 2.51. The van der Waals surface area contributed by atoms with Gasteiger partial charge in [-0.25, -0.2) is 0 Å². The van der Waals surface area contributed by atoms with Crippen LogP contribution in [-0.4, -0.2) is 18.4 Å². The third kappa shape index (κ3) is 3.42. The first kappa shape index (κ1) is 12.8. The third-order valence-corrected chi connectivity index (χ3v) is 2.51. The van der Waals surface area contributed by atoms with Gasteiger partial charge in [-0.15, -0.1) is 0 Å². The Morgan fingerprint density at radius 2 is 1.47 bits per heavy atom. The van der Waals surface area contributed by atoms with Crippen LogP contribution >= 0.6 is 0 Å². The molecule has 0 fully saturated rings. The highest BCUT2D eigenvalue weighted by atomic mass is 16.5. The molecule has 0 atom stereocenters. The molecule has 0 aromatic heterocycles. The predicted octanol–water partition coefficient (Wildman–Crippen LogP) is 1.05. The van der Waals surface area contributed by atoms with Crippen molar-refractivity contribution in [2.75, 3.05) is 6.61 Å². The van der Waals surface area contributed by atoms with Gasteiger partial charge in [-0.3, -0.25) is 4.79 Å². The first-order chi connectivity index (χ1) is 9.16. The van der Waals surface area contributed by atoms with Crippen molar-refractivity contribution < 1.29 is 19.4 Å². The molecule has 0 saturated carbocycles. The summed E-state index contributed by atoms with van der Waals surface area (Å²) < 4.78 is 4.93. The Balaban J connectivity index is 2.10. The van der Waals surface area contributed by atoms with Crippen LogP contribution < -0.4 is 9.84 Å². The van der Waals surface area contributed by atoms with E-state index >= 15 is 0 Å². The van der Waals surface area contributed by atoms with Gasteiger partial charge in [0.1, 0.15) is 12.4 Å². The summed E-state index contributed by atoms with van der Waals surface area (Å²) in [5.74, 6) is -0.995. The van der Waals surface area contributed by atoms with Crippen molar-refractivity contribution in [1.82, 2.24) is 0 Å². The average molecular weight is 255 g/mol. The van der Waals surface area contributed by atoms with Crippen LogP contribution in [0.5, 0.6) is 5.75 Å². The van der Waals surface area contributed by atoms with Crippen molar-refractivity contribution in [2.24, 2.45) is 0 Å². The quantitative estimate of drug-likeness (QED) is 0.749. The number of carbonyl (C=O) groups is 2. The number of carboxylic acid groups (broad SMARTS) is 1. The summed E-state index contributed by atoms with van der Waals surface area (Å²) >= 11 is 0. The van der Waals surface area contributed by atoms with E-state index in [9.17, 15) is 14.7 Å². The molecule has 2 rings (SSSR count). The first-order valence-corrected chi connectivity index (χ1v) is 5.69. The lowest BCUT2D eigenvalue weighted by Gasteiger charge is -2.07. The fourth-order valence-corrected chi connectivity index (χ4v) is 1.60. The maximum Gasteiger partial charge on any atom is 0.193 e. The number of aliphatic carboxylic acids is 1. The minimum atomic E-state index is -1.29. The molecule has 0 aliphatic carbocycles. The van der Waals surface area contributed by atoms with Crippen molar-refractivity contribution in [3.05, 3.63) is 65.7 Å². The van der Waals surface area contributed by atoms with Gasteiger partial charge in [0.05, 0.1) is 5.97 Å². The second-order valence-corrected chi connectivity index (χ2v) is 3.88. The molecule has 0 aliphatic heterocycles. The molecular weight excluding hydrogens is 244 g/mol. The molecule has 0 radical (unpaired) electrons. The van der Waals surface area contributed by atoms with E-state index in [2.05, 4.69) is 0 Å². The largest absolute Gasteiger partial charge is 0.546 e. The average Bonchev–Trinajstić information content (AvgIpc) is 2.46. The minimum absolute atomic E-state index is 0.0907. The predicted molar refractivity (Wildman–Crippen MR) is 66.8 cm³/mol. The van der Waals surface area contributed by atoms with E-state index in [-0.39, 0.29) is 5.78 Å². The molecular formula is C15H11O4-. The second kappa shape index (κ2) is 5.82. The van der Waals surface area contributed by atoms with Gasteiger partial charge in [0.15, 0.2) is 5.78 Å². The highest BCUT2D eigenvalue weighted by Gasteiger charge is 2.08. The van der Waals surface area contributed by atoms with Crippen LogP contribution in [0.4, 0.5) is 0 Å². The Kier molecular flexibility index (Phi) is 3.93. The summed E-state index contributed by atoms with van der Waals surface area (Å²) in [7, 11) is 0. The lowest BCUT2D eigenvalue weighted by molar-refractivity contribution is -0.307. The Bertz CT molecular complexity index is 573. The van der Waals surface area contributed by atoms with Gasteiger partial charge in [0.2, 0.25) is 0 Å². The smallest absolute Gasteiger partial charge is 0.193 e. The Morgan fingerprint density at radius 3 is 2.05 bits per heavy atom. The number of rotatable bonds is 5. The number of benzene rings is 2. The number of carboxylic acids is 1. The summed E-state index contributed by atoms with van der Waals surface area (Å²) in [5, 5.41) is 10.2. The Hall–Kier alpha value is -2.62. The number of hydrogen-bond acceptors (Lipinski definition) is 4. The first-order valence-electron chi connectivity index (χ1n) is 5.69. The van der Waals surface area contributed by atoms with E-state index in [1.807, 2.05) is 6.07 Å². The van der Waals surface area contributed by atoms with Crippen LogP contribution in [0, 0.1) is 0 Å². The number of carbonyl (C=O) groups excluding carboxylic acids is 2. The van der Waals surface area contributed by atoms with Crippen LogP contribution in [0.1, 0.15) is 15.9 Å². The van der Waals surface area contributed by atoms with E-state index in [0.29, 0.717) is 16.9 Å². The fraction of sp³-hybridized carbons (Fsp3) is 0.0667. The lowest BCUT2D eigenvalue weighted by atomic mass is 10.0. The van der Waals surface area contributed by atoms with Crippen LogP contribution in [0.3, 0.4) is 0 Å². The highest BCUT2D eigenvalue weighted by molar-refractivity contribution is 6.08. The molecule has 0 unspecified atom stereocenters. The zero-order valence-electron chi connectivity index (χ0n) is 10.0. The van der Waals surface area contributed by atoms with E-state index in [4.69, 9.17) is 4.74 Å². The van der Waals surface area contributed by atoms with Gasteiger partial charge < -0.3 is 14.6 Å². The Labute approximate surface area is 110 Å². The number of ketones is 1. The zero-order chi connectivity index (χ0) is 13.7. The maximum absolute atomic E-state index is 12.1. The molecule has 4 nitrogen and oxygen atoms in total. The van der Waals surface area contributed by atoms with Crippen LogP contribution in [0.2, 0.25) is 0 Å². The highest BCUT2D eigenvalue weighted by Crippen LogP contribution is 2.15. The number of ether oxygens (including phenoxy) is 1. The molecule has 2 aromatic rings. The molecule has 0 saturated heterocycles. The SMILES string of the molecule is O=C([O-])COc1ccc(C(=O)c2ccccc2)cc1. The molecule has 0 amide bonds. The van der Waals surface area contributed by atoms with Gasteiger partial charge in [-0.1, -0.05) is 30.3 Å². The van der Waals surface area contributed by atoms with Gasteiger partial charge in [0, 0.05) is 11.1 Å². The van der Waals surface area contributed by atoms with Crippen molar-refractivity contribution in [2.45, 2.75) is 0 Å². The molecule has 0 aliphatic rings. The molecule has 2 aromatic carbocycles. The normalized spacial score (nSPS) is 9.89. The summed E-state index contributed by atoms with van der Waals surface area (Å²) in [4.78, 5) is 22.3. The standard InChI is InChI=1S/C15H12O4/c16-14(17)10-19-13-8-6-12(7-9-13)15(18)11-4-2-1-3-5-11/h1-9H,10H2,(H,16,17)/p-1. The van der Waals surface area contributed by atoms with E-state index < -0.39 is 12.6 Å². The molecule has 96 valence electrons. The molecule has 19 heavy (non-hydrogen) atoms. The molecule has 4 heteroatoms. The maximum atomic E-state index is 12.1. The second-order valence-electron chi connectivity index (χ2n) is 3.88. The van der Waals surface area contributed by atoms with Gasteiger partial charge in [0.25, 0.3) is 0 Å². The van der Waals surface area contributed by atoms with Gasteiger partial charge in [-0.05, 0) is 24.3 Å². The van der Waals surface area contributed by atoms with Crippen LogP contribution in [-0.2, 0) is 4.79 Å². The molecule has 0 N–H and O–H groups in total. The minimum Gasteiger partial charge on any atom is -0.546 e. The topological polar surface area (TPSA) is 66.4 Å². The summed E-state index contributed by atoms with van der Waals surface area (Å²) in [6, 6.07) is 15.2. The van der Waals surface area contributed by atoms with E-state index in [1.165, 1.54) is 0 Å². The summed E-state index contributed by atoms with van der Waals surface area (Å²) in [6.45, 7) is -0.508. The number of hydrogen-bond donors (Lipinski definition) is 0. The summed E-state index contributed by atoms with van der Waals surface area (Å²) in [5.41, 5.74) is 1.12. The molecule has 0 spiro atoms. The molecule has 0 heterocycles. The van der Waals surface area contributed by atoms with Gasteiger partial charge in [-0.2, -0.15) is 0 Å². The van der Waals surface area contributed by atoms with Crippen molar-refractivity contribution in [1.29, 1.82) is 0 Å². The van der Waals surface area contributed by atoms with E-state index in [0.717, 1.165) is 0 Å². The van der Waals surface area contributed by atoms with Crippen LogP contribution in [0.15, 0.2) is 54.6 Å². The van der Waals surface area contributed by atoms with Crippen LogP contribution in [0.25, 0.3) is 0 Å². The summed E-state index contributed by atoms with van der Waals surface area (Å²) in [6.07, 6.45) is 0. The lowest BCUT2D eigenvalue weighted by Crippen LogP contribution is -2.28. The zero-order valence-corrected chi connectivity index (χ0v) is 10.0. The van der Waals surface area contributed by atoms with E-state index in [1.54, 1.807) is 48.5 Å². The van der Waals surface area contributed by atoms with Crippen molar-refractivity contribution >= 4 is 11.8 Å². The molecule has 0 bridgehead atoms. The monoisotopic (exact) mass is 255 g/mol. The van der Waals surface area contributed by atoms with Gasteiger partial charge >= 0.3 is 0 Å². The Morgan fingerprint density at radius 1 is 0.895 bits per heavy atom. The van der Waals surface area contributed by atoms with Crippen molar-refractivity contribution in [3.63, 3.8) is 0 Å².